The Hall–Kier alpha value is -2.18. The van der Waals surface area contributed by atoms with E-state index in [-0.39, 0.29) is 5.97 Å². The molecule has 0 N–H and O–H groups in total. The molecule has 0 amide bonds. The van der Waals surface area contributed by atoms with E-state index in [1.54, 1.807) is 19.1 Å². The molecule has 0 spiro atoms. The molecule has 0 saturated heterocycles. The molecule has 0 aliphatic carbocycles. The van der Waals surface area contributed by atoms with Crippen LogP contribution in [0.2, 0.25) is 0 Å². The molecule has 2 aromatic rings. The number of hydrogen-bond acceptors (Lipinski definition) is 6. The molecule has 2 heterocycles. The topological polar surface area (TPSA) is 83.0 Å². The monoisotopic (exact) mass is 250 g/mol. The Morgan fingerprint density at radius 3 is 3.00 bits per heavy atom. The quantitative estimate of drug-likeness (QED) is 0.747. The molecule has 0 fully saturated rings. The number of tetrazole rings is 1. The highest BCUT2D eigenvalue weighted by molar-refractivity contribution is 5.73. The first-order valence-corrected chi connectivity index (χ1v) is 5.76. The van der Waals surface area contributed by atoms with Crippen molar-refractivity contribution in [1.82, 2.24) is 20.2 Å². The first kappa shape index (κ1) is 12.3. The Morgan fingerprint density at radius 1 is 1.56 bits per heavy atom. The van der Waals surface area contributed by atoms with Crippen molar-refractivity contribution in [3.8, 4) is 11.6 Å². The van der Waals surface area contributed by atoms with Crippen molar-refractivity contribution in [2.24, 2.45) is 0 Å². The molecule has 0 saturated carbocycles. The number of nitrogens with zero attached hydrogens (tertiary/aromatic N) is 4. The average molecular weight is 250 g/mol. The molecular formula is C11H14N4O3. The maximum absolute atomic E-state index is 11.7. The summed E-state index contributed by atoms with van der Waals surface area (Å²) in [4.78, 5) is 13.0. The molecule has 0 aliphatic rings. The number of esters is 1. The molecule has 2 aromatic heterocycles. The van der Waals surface area contributed by atoms with Crippen LogP contribution in [0.5, 0.6) is 0 Å². The van der Waals surface area contributed by atoms with Crippen LogP contribution in [0.1, 0.15) is 26.3 Å². The predicted molar refractivity (Wildman–Crippen MR) is 61.5 cm³/mol. The molecule has 0 aliphatic heterocycles. The molecule has 96 valence electrons. The van der Waals surface area contributed by atoms with Gasteiger partial charge in [0.1, 0.15) is 0 Å². The number of carbonyl (C=O) groups is 1. The average Bonchev–Trinajstić information content (AvgIpc) is 3.00. The van der Waals surface area contributed by atoms with Crippen molar-refractivity contribution in [2.75, 3.05) is 6.61 Å². The summed E-state index contributed by atoms with van der Waals surface area (Å²) in [6, 6.07) is 2.91. The fourth-order valence-corrected chi connectivity index (χ4v) is 1.52. The van der Waals surface area contributed by atoms with Crippen molar-refractivity contribution in [1.29, 1.82) is 0 Å². The first-order valence-electron chi connectivity index (χ1n) is 5.76. The molecule has 0 aromatic carbocycles. The Labute approximate surface area is 104 Å². The molecular weight excluding hydrogens is 236 g/mol. The highest BCUT2D eigenvalue weighted by Crippen LogP contribution is 2.16. The number of aromatic nitrogens is 4. The van der Waals surface area contributed by atoms with E-state index in [9.17, 15) is 4.79 Å². The van der Waals surface area contributed by atoms with Gasteiger partial charge < -0.3 is 9.15 Å². The van der Waals surface area contributed by atoms with Crippen LogP contribution in [-0.2, 0) is 9.53 Å². The van der Waals surface area contributed by atoms with Gasteiger partial charge in [0.15, 0.2) is 11.8 Å². The van der Waals surface area contributed by atoms with Crippen LogP contribution in [-0.4, -0.2) is 32.8 Å². The zero-order valence-electron chi connectivity index (χ0n) is 10.2. The van der Waals surface area contributed by atoms with Gasteiger partial charge >= 0.3 is 5.97 Å². The second-order valence-electron chi connectivity index (χ2n) is 3.59. The minimum Gasteiger partial charge on any atom is -0.464 e. The summed E-state index contributed by atoms with van der Waals surface area (Å²) >= 11 is 0. The van der Waals surface area contributed by atoms with E-state index in [2.05, 4.69) is 15.4 Å². The Kier molecular flexibility index (Phi) is 3.71. The third-order valence-electron chi connectivity index (χ3n) is 2.39. The van der Waals surface area contributed by atoms with Crippen molar-refractivity contribution < 1.29 is 13.9 Å². The maximum atomic E-state index is 11.7. The summed E-state index contributed by atoms with van der Waals surface area (Å²) in [5.74, 6) is 0.506. The number of furan rings is 1. The molecule has 0 radical (unpaired) electrons. The van der Waals surface area contributed by atoms with Gasteiger partial charge in [-0.2, -0.15) is 0 Å². The van der Waals surface area contributed by atoms with Gasteiger partial charge in [0.25, 0.3) is 0 Å². The fraction of sp³-hybridized carbons (Fsp3) is 0.455. The second kappa shape index (κ2) is 5.44. The lowest BCUT2D eigenvalue weighted by Crippen LogP contribution is -2.23. The fourth-order valence-electron chi connectivity index (χ4n) is 1.52. The summed E-state index contributed by atoms with van der Waals surface area (Å²) in [6.45, 7) is 3.94. The normalized spacial score (nSPS) is 12.3. The summed E-state index contributed by atoms with van der Waals surface area (Å²) in [5.41, 5.74) is 0. The van der Waals surface area contributed by atoms with Gasteiger partial charge in [-0.05, 0) is 30.7 Å². The summed E-state index contributed by atoms with van der Waals surface area (Å²) < 4.78 is 10.1. The van der Waals surface area contributed by atoms with Gasteiger partial charge in [0.2, 0.25) is 5.82 Å². The van der Waals surface area contributed by atoms with Gasteiger partial charge in [-0.25, -0.2) is 4.79 Å². The van der Waals surface area contributed by atoms with Crippen molar-refractivity contribution in [3.63, 3.8) is 0 Å². The third kappa shape index (κ3) is 2.39. The van der Waals surface area contributed by atoms with Gasteiger partial charge in [0, 0.05) is 0 Å². The minimum absolute atomic E-state index is 0.328. The van der Waals surface area contributed by atoms with Crippen molar-refractivity contribution in [3.05, 3.63) is 18.4 Å². The minimum atomic E-state index is -0.554. The molecule has 0 bridgehead atoms. The molecule has 1 unspecified atom stereocenters. The SMILES string of the molecule is CCOC(=O)C(CC)n1nnc(-c2ccco2)n1. The van der Waals surface area contributed by atoms with Gasteiger partial charge in [-0.1, -0.05) is 6.92 Å². The van der Waals surface area contributed by atoms with Crippen LogP contribution >= 0.6 is 0 Å². The highest BCUT2D eigenvalue weighted by Gasteiger charge is 2.23. The third-order valence-corrected chi connectivity index (χ3v) is 2.39. The number of rotatable bonds is 5. The van der Waals surface area contributed by atoms with Crippen molar-refractivity contribution in [2.45, 2.75) is 26.3 Å². The molecule has 7 nitrogen and oxygen atoms in total. The van der Waals surface area contributed by atoms with Gasteiger partial charge in [-0.3, -0.25) is 0 Å². The van der Waals surface area contributed by atoms with E-state index in [1.807, 2.05) is 6.92 Å². The van der Waals surface area contributed by atoms with E-state index in [0.717, 1.165) is 0 Å². The predicted octanol–water partition coefficient (Wildman–Crippen LogP) is 1.45. The first-order chi connectivity index (χ1) is 8.76. The Balaban J connectivity index is 2.20. The van der Waals surface area contributed by atoms with Crippen LogP contribution in [0.4, 0.5) is 0 Å². The summed E-state index contributed by atoms with van der Waals surface area (Å²) in [7, 11) is 0. The lowest BCUT2D eigenvalue weighted by atomic mass is 10.2. The Bertz CT molecular complexity index is 506. The molecule has 7 heteroatoms. The lowest BCUT2D eigenvalue weighted by Gasteiger charge is -2.11. The van der Waals surface area contributed by atoms with Crippen LogP contribution in [0.3, 0.4) is 0 Å². The summed E-state index contributed by atoms with van der Waals surface area (Å²) in [5, 5.41) is 11.8. The lowest BCUT2D eigenvalue weighted by molar-refractivity contribution is -0.148. The van der Waals surface area contributed by atoms with Crippen LogP contribution < -0.4 is 0 Å². The second-order valence-corrected chi connectivity index (χ2v) is 3.59. The van der Waals surface area contributed by atoms with Crippen molar-refractivity contribution >= 4 is 5.97 Å². The van der Waals surface area contributed by atoms with Crippen LogP contribution in [0.15, 0.2) is 22.8 Å². The smallest absolute Gasteiger partial charge is 0.332 e. The van der Waals surface area contributed by atoms with Gasteiger partial charge in [-0.15, -0.1) is 15.0 Å². The Morgan fingerprint density at radius 2 is 2.39 bits per heavy atom. The van der Waals surface area contributed by atoms with E-state index >= 15 is 0 Å². The standard InChI is InChI=1S/C11H14N4O3/c1-3-8(11(16)17-4-2)15-13-10(12-14-15)9-6-5-7-18-9/h5-8H,3-4H2,1-2H3. The molecule has 1 atom stereocenters. The highest BCUT2D eigenvalue weighted by atomic mass is 16.5. The van der Waals surface area contributed by atoms with Gasteiger partial charge in [0.05, 0.1) is 12.9 Å². The summed E-state index contributed by atoms with van der Waals surface area (Å²) in [6.07, 6.45) is 2.06. The number of carbonyl (C=O) groups excluding carboxylic acids is 1. The zero-order chi connectivity index (χ0) is 13.0. The zero-order valence-corrected chi connectivity index (χ0v) is 10.2. The number of ether oxygens (including phenoxy) is 1. The van der Waals surface area contributed by atoms with E-state index in [1.165, 1.54) is 11.1 Å². The maximum Gasteiger partial charge on any atom is 0.332 e. The van der Waals surface area contributed by atoms with E-state index in [0.29, 0.717) is 24.6 Å². The van der Waals surface area contributed by atoms with Crippen LogP contribution in [0, 0.1) is 0 Å². The largest absolute Gasteiger partial charge is 0.464 e. The van der Waals surface area contributed by atoms with Crippen LogP contribution in [0.25, 0.3) is 11.6 Å². The van der Waals surface area contributed by atoms with E-state index in [4.69, 9.17) is 9.15 Å². The van der Waals surface area contributed by atoms with E-state index < -0.39 is 6.04 Å². The molecule has 18 heavy (non-hydrogen) atoms. The molecule has 2 rings (SSSR count). The number of hydrogen-bond donors (Lipinski definition) is 0.